The molecule has 5 rings (SSSR count). The van der Waals surface area contributed by atoms with Gasteiger partial charge in [0.05, 0.1) is 0 Å². The number of aryl methyl sites for hydroxylation is 1. The highest BCUT2D eigenvalue weighted by Gasteiger charge is 2.41. The molecule has 2 aromatic rings. The van der Waals surface area contributed by atoms with Crippen LogP contribution in [0, 0.1) is 11.8 Å². The summed E-state index contributed by atoms with van der Waals surface area (Å²) in [5, 5.41) is 15.7. The van der Waals surface area contributed by atoms with Crippen LogP contribution in [0.2, 0.25) is 0 Å². The molecule has 9 nitrogen and oxygen atoms in total. The number of hydrogen-bond acceptors (Lipinski definition) is 5. The minimum absolute atomic E-state index is 0.0243. The molecule has 1 saturated heterocycles. The average Bonchev–Trinajstić information content (AvgIpc) is 3.32. The topological polar surface area (TPSA) is 97.9 Å². The van der Waals surface area contributed by atoms with Crippen LogP contribution in [0.5, 0.6) is 0 Å². The van der Waals surface area contributed by atoms with E-state index in [9.17, 15) is 9.59 Å². The van der Waals surface area contributed by atoms with Crippen LogP contribution in [0.1, 0.15) is 46.2 Å². The van der Waals surface area contributed by atoms with Crippen LogP contribution in [0.25, 0.3) is 0 Å². The third kappa shape index (κ3) is 2.81. The monoisotopic (exact) mass is 369 g/mol. The summed E-state index contributed by atoms with van der Waals surface area (Å²) in [5.41, 5.74) is 0.483. The highest BCUT2D eigenvalue weighted by Crippen LogP contribution is 2.33. The van der Waals surface area contributed by atoms with Gasteiger partial charge < -0.3 is 14.8 Å². The number of hydrogen-bond donors (Lipinski definition) is 1. The summed E-state index contributed by atoms with van der Waals surface area (Å²) in [6.45, 7) is 2.07. The normalized spacial score (nSPS) is 24.3. The molecule has 27 heavy (non-hydrogen) atoms. The highest BCUT2D eigenvalue weighted by atomic mass is 16.2. The quantitative estimate of drug-likeness (QED) is 0.836. The van der Waals surface area contributed by atoms with Crippen LogP contribution in [-0.2, 0) is 20.0 Å². The number of nitrogens with zero attached hydrogens (tertiary/aromatic N) is 6. The van der Waals surface area contributed by atoms with Crippen molar-refractivity contribution in [1.29, 1.82) is 0 Å². The lowest BCUT2D eigenvalue weighted by Gasteiger charge is -2.28. The third-order valence-corrected chi connectivity index (χ3v) is 6.13. The van der Waals surface area contributed by atoms with Crippen molar-refractivity contribution >= 4 is 11.8 Å². The molecule has 2 fully saturated rings. The Kier molecular flexibility index (Phi) is 3.76. The lowest BCUT2D eigenvalue weighted by atomic mass is 9.89. The standard InChI is InChI=1S/C18H23N7O2/c1-23-6-5-14(22-23)18(27)24-8-11-7-15-20-21-16(25(15)10-12(11)9-24)17(26)19-13-3-2-4-13/h5-6,11-13H,2-4,7-10H2,1H3,(H,19,26)/t11-,12-/m0/s1. The van der Waals surface area contributed by atoms with Gasteiger partial charge in [0.15, 0.2) is 0 Å². The lowest BCUT2D eigenvalue weighted by Crippen LogP contribution is -2.41. The first-order chi connectivity index (χ1) is 13.1. The molecule has 2 amide bonds. The van der Waals surface area contributed by atoms with Crippen LogP contribution < -0.4 is 5.32 Å². The first-order valence-corrected chi connectivity index (χ1v) is 9.60. The van der Waals surface area contributed by atoms with E-state index in [1.54, 1.807) is 16.9 Å². The van der Waals surface area contributed by atoms with Gasteiger partial charge in [0.2, 0.25) is 5.82 Å². The Morgan fingerprint density at radius 3 is 2.67 bits per heavy atom. The average molecular weight is 369 g/mol. The summed E-state index contributed by atoms with van der Waals surface area (Å²) < 4.78 is 3.59. The van der Waals surface area contributed by atoms with E-state index in [2.05, 4.69) is 20.6 Å². The molecule has 1 N–H and O–H groups in total. The van der Waals surface area contributed by atoms with Crippen molar-refractivity contribution in [3.8, 4) is 0 Å². The van der Waals surface area contributed by atoms with Gasteiger partial charge in [0, 0.05) is 45.3 Å². The molecule has 1 saturated carbocycles. The van der Waals surface area contributed by atoms with Crippen molar-refractivity contribution in [3.63, 3.8) is 0 Å². The van der Waals surface area contributed by atoms with Gasteiger partial charge in [-0.15, -0.1) is 10.2 Å². The lowest BCUT2D eigenvalue weighted by molar-refractivity contribution is 0.0776. The molecule has 2 aromatic heterocycles. The van der Waals surface area contributed by atoms with Crippen molar-refractivity contribution in [2.24, 2.45) is 18.9 Å². The van der Waals surface area contributed by atoms with Crippen molar-refractivity contribution in [3.05, 3.63) is 29.6 Å². The number of carbonyl (C=O) groups excluding carboxylic acids is 2. The zero-order valence-corrected chi connectivity index (χ0v) is 15.3. The van der Waals surface area contributed by atoms with E-state index in [1.165, 1.54) is 6.42 Å². The van der Waals surface area contributed by atoms with Crippen LogP contribution in [0.4, 0.5) is 0 Å². The van der Waals surface area contributed by atoms with E-state index < -0.39 is 0 Å². The molecule has 4 heterocycles. The first kappa shape index (κ1) is 16.5. The van der Waals surface area contributed by atoms with E-state index in [-0.39, 0.29) is 17.9 Å². The minimum Gasteiger partial charge on any atom is -0.347 e. The Balaban J connectivity index is 1.30. The van der Waals surface area contributed by atoms with Gasteiger partial charge in [-0.1, -0.05) is 0 Å². The van der Waals surface area contributed by atoms with E-state index >= 15 is 0 Å². The predicted octanol–water partition coefficient (Wildman–Crippen LogP) is 0.238. The summed E-state index contributed by atoms with van der Waals surface area (Å²) in [6.07, 6.45) is 5.79. The molecule has 0 unspecified atom stereocenters. The molecule has 9 heteroatoms. The fourth-order valence-electron chi connectivity index (χ4n) is 4.35. The Bertz CT molecular complexity index is 897. The molecule has 0 radical (unpaired) electrons. The van der Waals surface area contributed by atoms with Crippen LogP contribution in [0.15, 0.2) is 12.3 Å². The van der Waals surface area contributed by atoms with Crippen molar-refractivity contribution in [1.82, 2.24) is 34.8 Å². The maximum absolute atomic E-state index is 12.7. The summed E-state index contributed by atoms with van der Waals surface area (Å²) >= 11 is 0. The largest absolute Gasteiger partial charge is 0.347 e. The zero-order chi connectivity index (χ0) is 18.5. The maximum Gasteiger partial charge on any atom is 0.289 e. The molecule has 2 aliphatic heterocycles. The molecule has 0 bridgehead atoms. The van der Waals surface area contributed by atoms with Crippen LogP contribution in [-0.4, -0.2) is 60.4 Å². The fraction of sp³-hybridized carbons (Fsp3) is 0.611. The van der Waals surface area contributed by atoms with Gasteiger partial charge in [-0.25, -0.2) is 0 Å². The Morgan fingerprint density at radius 1 is 1.15 bits per heavy atom. The Hall–Kier alpha value is -2.71. The van der Waals surface area contributed by atoms with Crippen molar-refractivity contribution in [2.45, 2.75) is 38.3 Å². The van der Waals surface area contributed by atoms with Gasteiger partial charge in [0.25, 0.3) is 11.8 Å². The van der Waals surface area contributed by atoms with Crippen LogP contribution in [0.3, 0.4) is 0 Å². The number of aromatic nitrogens is 5. The van der Waals surface area contributed by atoms with E-state index in [0.29, 0.717) is 43.0 Å². The number of fused-ring (bicyclic) bond motifs is 2. The minimum atomic E-state index is -0.128. The molecular weight excluding hydrogens is 346 g/mol. The Labute approximate surface area is 156 Å². The SMILES string of the molecule is Cn1ccc(C(=O)N2C[C@@H]3Cc4nnc(C(=O)NC5CCC5)n4C[C@@H]3C2)n1. The number of likely N-dealkylation sites (tertiary alicyclic amines) is 1. The highest BCUT2D eigenvalue weighted by molar-refractivity contribution is 5.92. The molecule has 1 aliphatic carbocycles. The zero-order valence-electron chi connectivity index (χ0n) is 15.3. The second-order valence-electron chi connectivity index (χ2n) is 7.96. The summed E-state index contributed by atoms with van der Waals surface area (Å²) in [7, 11) is 1.81. The van der Waals surface area contributed by atoms with Crippen LogP contribution >= 0.6 is 0 Å². The molecule has 3 aliphatic rings. The van der Waals surface area contributed by atoms with E-state index in [1.807, 2.05) is 16.5 Å². The first-order valence-electron chi connectivity index (χ1n) is 9.60. The van der Waals surface area contributed by atoms with Gasteiger partial charge >= 0.3 is 0 Å². The van der Waals surface area contributed by atoms with Crippen molar-refractivity contribution < 1.29 is 9.59 Å². The summed E-state index contributed by atoms with van der Waals surface area (Å²) in [4.78, 5) is 27.1. The number of amides is 2. The number of nitrogens with one attached hydrogen (secondary N) is 1. The van der Waals surface area contributed by atoms with Crippen molar-refractivity contribution in [2.75, 3.05) is 13.1 Å². The van der Waals surface area contributed by atoms with E-state index in [4.69, 9.17) is 0 Å². The maximum atomic E-state index is 12.7. The van der Waals surface area contributed by atoms with Gasteiger partial charge in [-0.3, -0.25) is 14.3 Å². The molecular formula is C18H23N7O2. The van der Waals surface area contributed by atoms with Gasteiger partial charge in [-0.05, 0) is 37.2 Å². The summed E-state index contributed by atoms with van der Waals surface area (Å²) in [6, 6.07) is 2.03. The van der Waals surface area contributed by atoms with Gasteiger partial charge in [-0.2, -0.15) is 5.10 Å². The molecule has 0 aromatic carbocycles. The molecule has 0 spiro atoms. The second-order valence-corrected chi connectivity index (χ2v) is 7.96. The number of carbonyl (C=O) groups is 2. The Morgan fingerprint density at radius 2 is 1.96 bits per heavy atom. The fourth-order valence-corrected chi connectivity index (χ4v) is 4.35. The smallest absolute Gasteiger partial charge is 0.289 e. The van der Waals surface area contributed by atoms with E-state index in [0.717, 1.165) is 25.1 Å². The second kappa shape index (κ2) is 6.17. The van der Waals surface area contributed by atoms with Gasteiger partial charge in [0.1, 0.15) is 11.5 Å². The molecule has 142 valence electrons. The predicted molar refractivity (Wildman–Crippen MR) is 94.9 cm³/mol. The number of rotatable bonds is 3. The summed E-state index contributed by atoms with van der Waals surface area (Å²) in [5.74, 6) is 1.78. The molecule has 2 atom stereocenters. The third-order valence-electron chi connectivity index (χ3n) is 6.13.